The van der Waals surface area contributed by atoms with Crippen LogP contribution in [-0.2, 0) is 11.8 Å². The molecule has 0 radical (unpaired) electrons. The van der Waals surface area contributed by atoms with Crippen molar-refractivity contribution in [2.75, 3.05) is 24.6 Å². The molecule has 7 heteroatoms. The third-order valence-electron chi connectivity index (χ3n) is 4.14. The summed E-state index contributed by atoms with van der Waals surface area (Å²) in [6.45, 7) is 6.59. The second-order valence-corrected chi connectivity index (χ2v) is 6.96. The first-order valence-electron chi connectivity index (χ1n) is 7.68. The summed E-state index contributed by atoms with van der Waals surface area (Å²) in [6, 6.07) is 4.58. The predicted octanol–water partition coefficient (Wildman–Crippen LogP) is 3.24. The Balaban J connectivity index is 1.90. The fourth-order valence-corrected chi connectivity index (χ4v) is 3.29. The van der Waals surface area contributed by atoms with Crippen LogP contribution in [0.15, 0.2) is 22.7 Å². The van der Waals surface area contributed by atoms with E-state index in [-0.39, 0.29) is 11.9 Å². The standard InChI is InChI=1S/C16H20BrFN4O/c1-10(2)14-9-22(6-7-23-14)16-20-19-15(21(16)3)12-5-4-11(18)8-13(12)17/h4-5,8,10,14H,6-7,9H2,1-3H3. The van der Waals surface area contributed by atoms with Gasteiger partial charge in [0.05, 0.1) is 12.7 Å². The average molecular weight is 383 g/mol. The molecule has 1 aromatic carbocycles. The Bertz CT molecular complexity index is 703. The van der Waals surface area contributed by atoms with Crippen molar-refractivity contribution >= 4 is 21.9 Å². The van der Waals surface area contributed by atoms with E-state index in [9.17, 15) is 4.39 Å². The van der Waals surface area contributed by atoms with Gasteiger partial charge in [0.2, 0.25) is 5.95 Å². The minimum absolute atomic E-state index is 0.196. The zero-order valence-corrected chi connectivity index (χ0v) is 15.0. The highest BCUT2D eigenvalue weighted by molar-refractivity contribution is 9.10. The van der Waals surface area contributed by atoms with Crippen molar-refractivity contribution in [3.05, 3.63) is 28.5 Å². The van der Waals surface area contributed by atoms with Crippen LogP contribution in [0.25, 0.3) is 11.4 Å². The lowest BCUT2D eigenvalue weighted by Crippen LogP contribution is -2.45. The molecule has 5 nitrogen and oxygen atoms in total. The third-order valence-corrected chi connectivity index (χ3v) is 4.80. The molecular weight excluding hydrogens is 363 g/mol. The van der Waals surface area contributed by atoms with Gasteiger partial charge in [0, 0.05) is 30.2 Å². The van der Waals surface area contributed by atoms with Crippen LogP contribution in [0.4, 0.5) is 10.3 Å². The minimum Gasteiger partial charge on any atom is -0.374 e. The van der Waals surface area contributed by atoms with E-state index in [1.54, 1.807) is 6.07 Å². The number of halogens is 2. The van der Waals surface area contributed by atoms with Gasteiger partial charge in [-0.1, -0.05) is 13.8 Å². The quantitative estimate of drug-likeness (QED) is 0.816. The second-order valence-electron chi connectivity index (χ2n) is 6.11. The molecule has 0 N–H and O–H groups in total. The Hall–Kier alpha value is -1.47. The first-order valence-corrected chi connectivity index (χ1v) is 8.48. The number of hydrogen-bond acceptors (Lipinski definition) is 4. The van der Waals surface area contributed by atoms with Crippen LogP contribution >= 0.6 is 15.9 Å². The van der Waals surface area contributed by atoms with Crippen molar-refractivity contribution < 1.29 is 9.13 Å². The smallest absolute Gasteiger partial charge is 0.227 e. The Kier molecular flexibility index (Phi) is 4.68. The van der Waals surface area contributed by atoms with Crippen LogP contribution in [0.5, 0.6) is 0 Å². The van der Waals surface area contributed by atoms with Gasteiger partial charge in [0.25, 0.3) is 0 Å². The number of aromatic nitrogens is 3. The monoisotopic (exact) mass is 382 g/mol. The minimum atomic E-state index is -0.282. The first kappa shape index (κ1) is 16.4. The molecule has 124 valence electrons. The van der Waals surface area contributed by atoms with Gasteiger partial charge in [-0.15, -0.1) is 10.2 Å². The molecule has 0 saturated carbocycles. The van der Waals surface area contributed by atoms with Gasteiger partial charge >= 0.3 is 0 Å². The molecular formula is C16H20BrFN4O. The normalized spacial score (nSPS) is 18.7. The average Bonchev–Trinajstić information content (AvgIpc) is 2.89. The third kappa shape index (κ3) is 3.26. The second kappa shape index (κ2) is 6.57. The van der Waals surface area contributed by atoms with Crippen LogP contribution in [-0.4, -0.2) is 40.6 Å². The molecule has 0 spiro atoms. The maximum absolute atomic E-state index is 13.3. The number of nitrogens with zero attached hydrogens (tertiary/aromatic N) is 4. The van der Waals surface area contributed by atoms with Crippen molar-refractivity contribution in [3.63, 3.8) is 0 Å². The highest BCUT2D eigenvalue weighted by atomic mass is 79.9. The molecule has 1 unspecified atom stereocenters. The zero-order chi connectivity index (χ0) is 16.6. The summed E-state index contributed by atoms with van der Waals surface area (Å²) in [7, 11) is 1.93. The van der Waals surface area contributed by atoms with E-state index < -0.39 is 0 Å². The molecule has 2 heterocycles. The Labute approximate surface area is 143 Å². The molecule has 3 rings (SSSR count). The van der Waals surface area contributed by atoms with Gasteiger partial charge in [-0.3, -0.25) is 4.57 Å². The lowest BCUT2D eigenvalue weighted by atomic mass is 10.1. The van der Waals surface area contributed by atoms with E-state index in [0.717, 1.165) is 24.6 Å². The molecule has 1 fully saturated rings. The van der Waals surface area contributed by atoms with Crippen molar-refractivity contribution in [3.8, 4) is 11.4 Å². The first-order chi connectivity index (χ1) is 11.0. The van der Waals surface area contributed by atoms with Crippen molar-refractivity contribution in [1.29, 1.82) is 0 Å². The van der Waals surface area contributed by atoms with E-state index in [0.29, 0.717) is 22.8 Å². The number of ether oxygens (including phenoxy) is 1. The number of morpholine rings is 1. The molecule has 1 aromatic heterocycles. The van der Waals surface area contributed by atoms with Crippen LogP contribution in [0.3, 0.4) is 0 Å². The van der Waals surface area contributed by atoms with E-state index in [4.69, 9.17) is 4.74 Å². The number of hydrogen-bond donors (Lipinski definition) is 0. The predicted molar refractivity (Wildman–Crippen MR) is 90.9 cm³/mol. The van der Waals surface area contributed by atoms with E-state index in [1.165, 1.54) is 12.1 Å². The number of rotatable bonds is 3. The Morgan fingerprint density at radius 3 is 2.83 bits per heavy atom. The van der Waals surface area contributed by atoms with Crippen LogP contribution in [0.1, 0.15) is 13.8 Å². The largest absolute Gasteiger partial charge is 0.374 e. The highest BCUT2D eigenvalue weighted by Crippen LogP contribution is 2.29. The Morgan fingerprint density at radius 1 is 1.35 bits per heavy atom. The highest BCUT2D eigenvalue weighted by Gasteiger charge is 2.26. The Morgan fingerprint density at radius 2 is 2.13 bits per heavy atom. The molecule has 0 aliphatic carbocycles. The lowest BCUT2D eigenvalue weighted by molar-refractivity contribution is 0.0108. The summed E-state index contributed by atoms with van der Waals surface area (Å²) in [5, 5.41) is 8.64. The zero-order valence-electron chi connectivity index (χ0n) is 13.5. The van der Waals surface area contributed by atoms with Crippen LogP contribution in [0.2, 0.25) is 0 Å². The van der Waals surface area contributed by atoms with Gasteiger partial charge < -0.3 is 9.64 Å². The van der Waals surface area contributed by atoms with Crippen LogP contribution < -0.4 is 4.90 Å². The maximum atomic E-state index is 13.3. The van der Waals surface area contributed by atoms with Crippen molar-refractivity contribution in [2.45, 2.75) is 20.0 Å². The van der Waals surface area contributed by atoms with Gasteiger partial charge in [0.1, 0.15) is 5.82 Å². The summed E-state index contributed by atoms with van der Waals surface area (Å²) >= 11 is 3.40. The van der Waals surface area contributed by atoms with E-state index in [2.05, 4.69) is 44.9 Å². The molecule has 1 aliphatic heterocycles. The van der Waals surface area contributed by atoms with E-state index in [1.807, 2.05) is 11.6 Å². The maximum Gasteiger partial charge on any atom is 0.227 e. The molecule has 0 amide bonds. The summed E-state index contributed by atoms with van der Waals surface area (Å²) < 4.78 is 21.7. The fraction of sp³-hybridized carbons (Fsp3) is 0.500. The summed E-state index contributed by atoms with van der Waals surface area (Å²) in [5.74, 6) is 1.69. The van der Waals surface area contributed by atoms with Crippen molar-refractivity contribution in [1.82, 2.24) is 14.8 Å². The molecule has 1 saturated heterocycles. The van der Waals surface area contributed by atoms with Gasteiger partial charge in [-0.2, -0.15) is 0 Å². The van der Waals surface area contributed by atoms with Gasteiger partial charge in [-0.25, -0.2) is 4.39 Å². The van der Waals surface area contributed by atoms with E-state index >= 15 is 0 Å². The van der Waals surface area contributed by atoms with Crippen LogP contribution in [0, 0.1) is 11.7 Å². The summed E-state index contributed by atoms with van der Waals surface area (Å²) in [6.07, 6.45) is 0.196. The number of anilines is 1. The molecule has 0 bridgehead atoms. The topological polar surface area (TPSA) is 43.2 Å². The van der Waals surface area contributed by atoms with Crippen molar-refractivity contribution in [2.24, 2.45) is 13.0 Å². The lowest BCUT2D eigenvalue weighted by Gasteiger charge is -2.35. The number of benzene rings is 1. The fourth-order valence-electron chi connectivity index (χ4n) is 2.76. The SMILES string of the molecule is CC(C)C1CN(c2nnc(-c3ccc(F)cc3Br)n2C)CCO1. The molecule has 1 aliphatic rings. The van der Waals surface area contributed by atoms with Gasteiger partial charge in [-0.05, 0) is 40.0 Å². The summed E-state index contributed by atoms with van der Waals surface area (Å²) in [5.41, 5.74) is 0.821. The molecule has 2 aromatic rings. The molecule has 1 atom stereocenters. The molecule has 23 heavy (non-hydrogen) atoms. The van der Waals surface area contributed by atoms with Gasteiger partial charge in [0.15, 0.2) is 5.82 Å². The summed E-state index contributed by atoms with van der Waals surface area (Å²) in [4.78, 5) is 2.20.